The zero-order chi connectivity index (χ0) is 11.6. The molecule has 2 N–H and O–H groups in total. The Balaban J connectivity index is 1.91. The molecule has 2 rings (SSSR count). The van der Waals surface area contributed by atoms with Crippen molar-refractivity contribution in [2.75, 3.05) is 33.3 Å². The molecule has 94 valence electrons. The van der Waals surface area contributed by atoms with E-state index in [-0.39, 0.29) is 12.1 Å². The molecule has 0 aromatic carbocycles. The largest absolute Gasteiger partial charge is 0.374 e. The second-order valence-corrected chi connectivity index (χ2v) is 6.01. The maximum atomic E-state index is 11.9. The summed E-state index contributed by atoms with van der Waals surface area (Å²) in [5.41, 5.74) is 0. The average Bonchev–Trinajstić information content (AvgIpc) is 3.02. The molecular formula is C9H19N3O3S. The maximum Gasteiger partial charge on any atom is 0.279 e. The van der Waals surface area contributed by atoms with Gasteiger partial charge in [-0.05, 0) is 19.9 Å². The molecule has 0 spiro atoms. The van der Waals surface area contributed by atoms with Crippen molar-refractivity contribution < 1.29 is 13.2 Å². The topological polar surface area (TPSA) is 70.7 Å². The minimum Gasteiger partial charge on any atom is -0.374 e. The fourth-order valence-corrected chi connectivity index (χ4v) is 3.23. The molecule has 7 heteroatoms. The molecule has 0 radical (unpaired) electrons. The Labute approximate surface area is 96.5 Å². The second kappa shape index (κ2) is 4.97. The van der Waals surface area contributed by atoms with Gasteiger partial charge in [0.2, 0.25) is 0 Å². The second-order valence-electron chi connectivity index (χ2n) is 4.31. The Hall–Kier alpha value is -0.210. The predicted molar refractivity (Wildman–Crippen MR) is 60.3 cm³/mol. The standard InChI is InChI=1S/C9H19N3O3S/c1-10-6-9-7-12(4-5-15-9)16(13,14)11-8-2-3-8/h8-11H,2-7H2,1H3. The van der Waals surface area contributed by atoms with Crippen molar-refractivity contribution in [2.24, 2.45) is 0 Å². The molecule has 2 aliphatic rings. The van der Waals surface area contributed by atoms with Gasteiger partial charge in [0.1, 0.15) is 0 Å². The highest BCUT2D eigenvalue weighted by molar-refractivity contribution is 7.87. The van der Waals surface area contributed by atoms with Crippen molar-refractivity contribution >= 4 is 10.2 Å². The van der Waals surface area contributed by atoms with Gasteiger partial charge in [0.25, 0.3) is 10.2 Å². The van der Waals surface area contributed by atoms with Crippen molar-refractivity contribution in [1.29, 1.82) is 0 Å². The Morgan fingerprint density at radius 1 is 1.44 bits per heavy atom. The van der Waals surface area contributed by atoms with E-state index >= 15 is 0 Å². The van der Waals surface area contributed by atoms with Crippen LogP contribution in [-0.4, -0.2) is 58.2 Å². The van der Waals surface area contributed by atoms with Crippen LogP contribution in [-0.2, 0) is 14.9 Å². The Morgan fingerprint density at radius 2 is 2.19 bits per heavy atom. The van der Waals surface area contributed by atoms with Gasteiger partial charge in [-0.15, -0.1) is 0 Å². The highest BCUT2D eigenvalue weighted by atomic mass is 32.2. The summed E-state index contributed by atoms with van der Waals surface area (Å²) >= 11 is 0. The van der Waals surface area contributed by atoms with Crippen LogP contribution in [0.3, 0.4) is 0 Å². The maximum absolute atomic E-state index is 11.9. The molecule has 0 aromatic heterocycles. The molecule has 1 aliphatic carbocycles. The van der Waals surface area contributed by atoms with Gasteiger partial charge in [0.15, 0.2) is 0 Å². The molecule has 0 bridgehead atoms. The van der Waals surface area contributed by atoms with Crippen molar-refractivity contribution in [1.82, 2.24) is 14.3 Å². The van der Waals surface area contributed by atoms with Crippen molar-refractivity contribution in [3.05, 3.63) is 0 Å². The summed E-state index contributed by atoms with van der Waals surface area (Å²) in [5, 5.41) is 3.00. The quantitative estimate of drug-likeness (QED) is 0.649. The lowest BCUT2D eigenvalue weighted by Gasteiger charge is -2.32. The summed E-state index contributed by atoms with van der Waals surface area (Å²) in [7, 11) is -1.46. The van der Waals surface area contributed by atoms with Gasteiger partial charge in [0.05, 0.1) is 12.7 Å². The van der Waals surface area contributed by atoms with Crippen LogP contribution >= 0.6 is 0 Å². The number of rotatable bonds is 5. The summed E-state index contributed by atoms with van der Waals surface area (Å²) in [5.74, 6) is 0. The van der Waals surface area contributed by atoms with E-state index in [4.69, 9.17) is 4.74 Å². The molecule has 1 heterocycles. The van der Waals surface area contributed by atoms with E-state index in [1.165, 1.54) is 4.31 Å². The number of nitrogens with zero attached hydrogens (tertiary/aromatic N) is 1. The molecule has 1 saturated heterocycles. The lowest BCUT2D eigenvalue weighted by atomic mass is 10.3. The SMILES string of the molecule is CNCC1CN(S(=O)(=O)NC2CC2)CCO1. The number of likely N-dealkylation sites (N-methyl/N-ethyl adjacent to an activating group) is 1. The van der Waals surface area contributed by atoms with Gasteiger partial charge in [-0.3, -0.25) is 0 Å². The van der Waals surface area contributed by atoms with E-state index in [0.717, 1.165) is 12.8 Å². The van der Waals surface area contributed by atoms with Gasteiger partial charge >= 0.3 is 0 Å². The van der Waals surface area contributed by atoms with Crippen molar-refractivity contribution in [2.45, 2.75) is 25.0 Å². The zero-order valence-electron chi connectivity index (χ0n) is 9.48. The van der Waals surface area contributed by atoms with Gasteiger partial charge in [0, 0.05) is 25.7 Å². The number of nitrogens with one attached hydrogen (secondary N) is 2. The van der Waals surface area contributed by atoms with E-state index < -0.39 is 10.2 Å². The van der Waals surface area contributed by atoms with Crippen LogP contribution in [0.1, 0.15) is 12.8 Å². The number of hydrogen-bond acceptors (Lipinski definition) is 4. The highest BCUT2D eigenvalue weighted by Gasteiger charge is 2.33. The molecule has 1 atom stereocenters. The first-order valence-electron chi connectivity index (χ1n) is 5.65. The average molecular weight is 249 g/mol. The monoisotopic (exact) mass is 249 g/mol. The van der Waals surface area contributed by atoms with E-state index in [0.29, 0.717) is 26.2 Å². The Morgan fingerprint density at radius 3 is 2.81 bits per heavy atom. The number of hydrogen-bond donors (Lipinski definition) is 2. The van der Waals surface area contributed by atoms with Crippen LogP contribution in [0.25, 0.3) is 0 Å². The third kappa shape index (κ3) is 3.14. The minimum atomic E-state index is -3.30. The first-order valence-corrected chi connectivity index (χ1v) is 7.09. The van der Waals surface area contributed by atoms with Crippen LogP contribution in [0.15, 0.2) is 0 Å². The van der Waals surface area contributed by atoms with Crippen LogP contribution < -0.4 is 10.0 Å². The molecule has 1 saturated carbocycles. The molecule has 0 amide bonds. The summed E-state index contributed by atoms with van der Waals surface area (Å²) in [4.78, 5) is 0. The fraction of sp³-hybridized carbons (Fsp3) is 1.00. The van der Waals surface area contributed by atoms with Crippen molar-refractivity contribution in [3.63, 3.8) is 0 Å². The summed E-state index contributed by atoms with van der Waals surface area (Å²) in [6.07, 6.45) is 1.88. The van der Waals surface area contributed by atoms with Crippen LogP contribution in [0, 0.1) is 0 Å². The molecule has 0 aromatic rings. The highest BCUT2D eigenvalue weighted by Crippen LogP contribution is 2.21. The Bertz CT molecular complexity index is 327. The zero-order valence-corrected chi connectivity index (χ0v) is 10.3. The first-order chi connectivity index (χ1) is 7.62. The number of morpholine rings is 1. The molecule has 16 heavy (non-hydrogen) atoms. The summed E-state index contributed by atoms with van der Waals surface area (Å²) in [6.45, 7) is 2.03. The van der Waals surface area contributed by atoms with Crippen LogP contribution in [0.5, 0.6) is 0 Å². The van der Waals surface area contributed by atoms with Gasteiger partial charge < -0.3 is 10.1 Å². The predicted octanol–water partition coefficient (Wildman–Crippen LogP) is -1.10. The molecular weight excluding hydrogens is 230 g/mol. The minimum absolute atomic E-state index is 0.0467. The lowest BCUT2D eigenvalue weighted by Crippen LogP contribution is -2.52. The molecule has 2 fully saturated rings. The van der Waals surface area contributed by atoms with Gasteiger partial charge in [-0.1, -0.05) is 0 Å². The summed E-state index contributed by atoms with van der Waals surface area (Å²) in [6, 6.07) is 0.163. The van der Waals surface area contributed by atoms with E-state index in [1.807, 2.05) is 7.05 Å². The van der Waals surface area contributed by atoms with E-state index in [2.05, 4.69) is 10.0 Å². The third-order valence-electron chi connectivity index (χ3n) is 2.77. The van der Waals surface area contributed by atoms with Gasteiger partial charge in [-0.2, -0.15) is 17.4 Å². The summed E-state index contributed by atoms with van der Waals surface area (Å²) < 4.78 is 33.5. The fourth-order valence-electron chi connectivity index (χ4n) is 1.75. The lowest BCUT2D eigenvalue weighted by molar-refractivity contribution is 0.000444. The van der Waals surface area contributed by atoms with Gasteiger partial charge in [-0.25, -0.2) is 0 Å². The van der Waals surface area contributed by atoms with Crippen LogP contribution in [0.2, 0.25) is 0 Å². The first kappa shape index (κ1) is 12.3. The Kier molecular flexibility index (Phi) is 3.81. The third-order valence-corrected chi connectivity index (χ3v) is 4.41. The van der Waals surface area contributed by atoms with E-state index in [1.54, 1.807) is 0 Å². The smallest absolute Gasteiger partial charge is 0.279 e. The number of ether oxygens (including phenoxy) is 1. The van der Waals surface area contributed by atoms with Crippen molar-refractivity contribution in [3.8, 4) is 0 Å². The molecule has 1 aliphatic heterocycles. The van der Waals surface area contributed by atoms with E-state index in [9.17, 15) is 8.42 Å². The normalized spacial score (nSPS) is 28.2. The van der Waals surface area contributed by atoms with Crippen LogP contribution in [0.4, 0.5) is 0 Å². The molecule has 6 nitrogen and oxygen atoms in total. The molecule has 1 unspecified atom stereocenters.